The van der Waals surface area contributed by atoms with E-state index in [1.165, 1.54) is 12.1 Å². The summed E-state index contributed by atoms with van der Waals surface area (Å²) in [5.74, 6) is -0.532. The van der Waals surface area contributed by atoms with Gasteiger partial charge in [-0.05, 0) is 42.8 Å². The first-order valence-corrected chi connectivity index (χ1v) is 10.5. The van der Waals surface area contributed by atoms with E-state index < -0.39 is 23.9 Å². The predicted octanol–water partition coefficient (Wildman–Crippen LogP) is 3.32. The van der Waals surface area contributed by atoms with E-state index in [-0.39, 0.29) is 29.9 Å². The smallest absolute Gasteiger partial charge is 0.318 e. The lowest BCUT2D eigenvalue weighted by Crippen LogP contribution is -2.55. The summed E-state index contributed by atoms with van der Waals surface area (Å²) in [7, 11) is 0. The fourth-order valence-corrected chi connectivity index (χ4v) is 3.53. The topological polar surface area (TPSA) is 101 Å². The van der Waals surface area contributed by atoms with Crippen LogP contribution in [0.25, 0.3) is 11.5 Å². The van der Waals surface area contributed by atoms with Gasteiger partial charge in [-0.1, -0.05) is 28.3 Å². The van der Waals surface area contributed by atoms with Crippen molar-refractivity contribution in [2.24, 2.45) is 0 Å². The van der Waals surface area contributed by atoms with Crippen molar-refractivity contribution in [1.82, 2.24) is 15.5 Å². The molecule has 1 aromatic heterocycles. The molecule has 0 saturated carbocycles. The Morgan fingerprint density at radius 1 is 1.25 bits per heavy atom. The summed E-state index contributed by atoms with van der Waals surface area (Å²) >= 11 is 11.5. The number of aromatic nitrogens is 2. The molecular weight excluding hydrogens is 462 g/mol. The molecule has 8 nitrogen and oxygen atoms in total. The van der Waals surface area contributed by atoms with Gasteiger partial charge in [-0.15, -0.1) is 5.10 Å². The lowest BCUT2D eigenvalue weighted by Gasteiger charge is -2.35. The van der Waals surface area contributed by atoms with Gasteiger partial charge in [0.15, 0.2) is 6.61 Å². The Morgan fingerprint density at radius 2 is 2.03 bits per heavy atom. The van der Waals surface area contributed by atoms with Gasteiger partial charge in [-0.2, -0.15) is 0 Å². The molecule has 0 spiro atoms. The minimum absolute atomic E-state index is 0.0294. The van der Waals surface area contributed by atoms with Crippen molar-refractivity contribution in [3.63, 3.8) is 0 Å². The summed E-state index contributed by atoms with van der Waals surface area (Å²) < 4.78 is 24.4. The SMILES string of the molecule is O=C(COc1ccc(Cl)c(F)c1)NC1CCN(c2nnc(-c3ccc(Cl)cc3)o2)CC1O. The number of amides is 1. The molecule has 1 fully saturated rings. The van der Waals surface area contributed by atoms with Crippen molar-refractivity contribution >= 4 is 35.1 Å². The number of carbonyl (C=O) groups is 1. The number of benzene rings is 2. The van der Waals surface area contributed by atoms with E-state index >= 15 is 0 Å². The van der Waals surface area contributed by atoms with E-state index in [2.05, 4.69) is 15.5 Å². The van der Waals surface area contributed by atoms with Crippen LogP contribution < -0.4 is 15.0 Å². The van der Waals surface area contributed by atoms with Gasteiger partial charge in [0.2, 0.25) is 5.89 Å². The lowest BCUT2D eigenvalue weighted by atomic mass is 10.0. The molecule has 0 bridgehead atoms. The predicted molar refractivity (Wildman–Crippen MR) is 116 cm³/mol. The Hall–Kier alpha value is -2.88. The summed E-state index contributed by atoms with van der Waals surface area (Å²) in [6.07, 6.45) is -0.396. The van der Waals surface area contributed by atoms with Crippen molar-refractivity contribution < 1.29 is 23.4 Å². The zero-order chi connectivity index (χ0) is 22.7. The molecule has 0 aliphatic carbocycles. The van der Waals surface area contributed by atoms with Gasteiger partial charge in [-0.3, -0.25) is 4.79 Å². The number of β-amino-alcohol motifs (C(OH)–C–C–N with tert-alkyl or cyclic N) is 1. The Labute approximate surface area is 192 Å². The molecule has 168 valence electrons. The number of aliphatic hydroxyl groups is 1. The second kappa shape index (κ2) is 9.72. The number of aliphatic hydroxyl groups excluding tert-OH is 1. The van der Waals surface area contributed by atoms with Crippen LogP contribution in [0.3, 0.4) is 0 Å². The highest BCUT2D eigenvalue weighted by Gasteiger charge is 2.31. The first kappa shape index (κ1) is 22.3. The normalized spacial score (nSPS) is 18.4. The maximum absolute atomic E-state index is 13.4. The number of hydrogen-bond donors (Lipinski definition) is 2. The second-order valence-corrected chi connectivity index (χ2v) is 8.08. The number of ether oxygens (including phenoxy) is 1. The molecular formula is C21H19Cl2FN4O4. The Kier molecular flexibility index (Phi) is 6.78. The summed E-state index contributed by atoms with van der Waals surface area (Å²) in [4.78, 5) is 13.9. The van der Waals surface area contributed by atoms with E-state index in [9.17, 15) is 14.3 Å². The fraction of sp³-hybridized carbons (Fsp3) is 0.286. The van der Waals surface area contributed by atoms with Crippen molar-refractivity contribution in [3.05, 3.63) is 58.3 Å². The van der Waals surface area contributed by atoms with Crippen LogP contribution in [0.1, 0.15) is 6.42 Å². The number of halogens is 3. The van der Waals surface area contributed by atoms with Crippen LogP contribution in [0.5, 0.6) is 5.75 Å². The molecule has 2 N–H and O–H groups in total. The maximum atomic E-state index is 13.4. The summed E-state index contributed by atoms with van der Waals surface area (Å²) in [5.41, 5.74) is 0.733. The second-order valence-electron chi connectivity index (χ2n) is 7.24. The number of anilines is 1. The van der Waals surface area contributed by atoms with Gasteiger partial charge >= 0.3 is 6.01 Å². The number of nitrogens with zero attached hydrogens (tertiary/aromatic N) is 3. The van der Waals surface area contributed by atoms with Crippen LogP contribution in [0.4, 0.5) is 10.4 Å². The largest absolute Gasteiger partial charge is 0.484 e. The van der Waals surface area contributed by atoms with Gasteiger partial charge in [0, 0.05) is 23.2 Å². The minimum Gasteiger partial charge on any atom is -0.484 e. The quantitative estimate of drug-likeness (QED) is 0.557. The van der Waals surface area contributed by atoms with E-state index in [4.69, 9.17) is 32.4 Å². The number of carbonyl (C=O) groups excluding carboxylic acids is 1. The molecule has 11 heteroatoms. The molecule has 32 heavy (non-hydrogen) atoms. The molecule has 4 rings (SSSR count). The van der Waals surface area contributed by atoms with Crippen LogP contribution in [0.2, 0.25) is 10.0 Å². The van der Waals surface area contributed by atoms with E-state index in [0.29, 0.717) is 23.9 Å². The number of hydrogen-bond acceptors (Lipinski definition) is 7. The molecule has 1 aliphatic heterocycles. The Bertz CT molecular complexity index is 1100. The van der Waals surface area contributed by atoms with Crippen LogP contribution in [-0.4, -0.2) is 53.1 Å². The first-order chi connectivity index (χ1) is 15.4. The summed E-state index contributed by atoms with van der Waals surface area (Å²) in [6.45, 7) is 0.381. The molecule has 2 unspecified atom stereocenters. The number of rotatable bonds is 6. The fourth-order valence-electron chi connectivity index (χ4n) is 3.29. The third-order valence-electron chi connectivity index (χ3n) is 4.97. The molecule has 2 atom stereocenters. The molecule has 3 aromatic rings. The van der Waals surface area contributed by atoms with Crippen LogP contribution >= 0.6 is 23.2 Å². The number of piperidine rings is 1. The lowest BCUT2D eigenvalue weighted by molar-refractivity contribution is -0.124. The van der Waals surface area contributed by atoms with Gasteiger partial charge in [0.1, 0.15) is 11.6 Å². The van der Waals surface area contributed by atoms with Gasteiger partial charge in [-0.25, -0.2) is 4.39 Å². The van der Waals surface area contributed by atoms with Gasteiger partial charge < -0.3 is 24.5 Å². The van der Waals surface area contributed by atoms with Gasteiger partial charge in [0.25, 0.3) is 5.91 Å². The molecule has 1 aliphatic rings. The van der Waals surface area contributed by atoms with Gasteiger partial charge in [0.05, 0.1) is 23.7 Å². The molecule has 1 amide bonds. The van der Waals surface area contributed by atoms with Crippen molar-refractivity contribution in [3.8, 4) is 17.2 Å². The molecule has 1 saturated heterocycles. The van der Waals surface area contributed by atoms with E-state index in [1.54, 1.807) is 29.2 Å². The minimum atomic E-state index is -0.855. The highest BCUT2D eigenvalue weighted by molar-refractivity contribution is 6.31. The molecule has 0 radical (unpaired) electrons. The third-order valence-corrected chi connectivity index (χ3v) is 5.52. The number of nitrogens with one attached hydrogen (secondary N) is 1. The first-order valence-electron chi connectivity index (χ1n) is 9.79. The van der Waals surface area contributed by atoms with E-state index in [1.807, 2.05) is 0 Å². The Morgan fingerprint density at radius 3 is 2.75 bits per heavy atom. The van der Waals surface area contributed by atoms with Crippen LogP contribution in [-0.2, 0) is 4.79 Å². The van der Waals surface area contributed by atoms with Crippen molar-refractivity contribution in [2.45, 2.75) is 18.6 Å². The van der Waals surface area contributed by atoms with Crippen molar-refractivity contribution in [2.75, 3.05) is 24.6 Å². The average Bonchev–Trinajstić information content (AvgIpc) is 3.27. The zero-order valence-corrected chi connectivity index (χ0v) is 18.2. The van der Waals surface area contributed by atoms with Crippen LogP contribution in [0.15, 0.2) is 46.9 Å². The van der Waals surface area contributed by atoms with E-state index in [0.717, 1.165) is 11.6 Å². The monoisotopic (exact) mass is 480 g/mol. The average molecular weight is 481 g/mol. The summed E-state index contributed by atoms with van der Waals surface area (Å²) in [5, 5.41) is 21.9. The molecule has 2 heterocycles. The van der Waals surface area contributed by atoms with Crippen LogP contribution in [0, 0.1) is 5.82 Å². The highest BCUT2D eigenvalue weighted by atomic mass is 35.5. The third kappa shape index (κ3) is 5.29. The maximum Gasteiger partial charge on any atom is 0.318 e. The Balaban J connectivity index is 1.29. The van der Waals surface area contributed by atoms with Crippen molar-refractivity contribution in [1.29, 1.82) is 0 Å². The summed E-state index contributed by atoms with van der Waals surface area (Å²) in [6, 6.07) is 10.7. The molecule has 2 aromatic carbocycles. The zero-order valence-electron chi connectivity index (χ0n) is 16.7. The standard InChI is InChI=1S/C21H19Cl2FN4O4/c22-13-3-1-12(2-4-13)20-26-27-21(32-20)28-8-7-17(18(29)10-28)25-19(30)11-31-14-5-6-15(23)16(24)9-14/h1-6,9,17-18,29H,7-8,10-11H2,(H,25,30). The highest BCUT2D eigenvalue weighted by Crippen LogP contribution is 2.25.